The predicted molar refractivity (Wildman–Crippen MR) is 238 cm³/mol. The quantitative estimate of drug-likeness (QED) is 0.0126. The third kappa shape index (κ3) is 17.8. The number of hydrogen-bond acceptors (Lipinski definition) is 13. The highest BCUT2D eigenvalue weighted by Gasteiger charge is 2.11. The molecule has 0 atom stereocenters. The number of thioether (sulfide) groups is 1. The monoisotopic (exact) mass is 844 g/mol. The van der Waals surface area contributed by atoms with Gasteiger partial charge in [0.1, 0.15) is 11.5 Å². The summed E-state index contributed by atoms with van der Waals surface area (Å²) >= 11 is 1.11. The van der Waals surface area contributed by atoms with E-state index in [2.05, 4.69) is 23.4 Å². The molecule has 0 fully saturated rings. The van der Waals surface area contributed by atoms with Gasteiger partial charge in [-0.05, 0) is 128 Å². The Morgan fingerprint density at radius 3 is 1.69 bits per heavy atom. The molecular formula is C48H48N2O10S. The van der Waals surface area contributed by atoms with E-state index in [-0.39, 0.29) is 10.9 Å². The molecule has 61 heavy (non-hydrogen) atoms. The molecule has 0 saturated heterocycles. The lowest BCUT2D eigenvalue weighted by Gasteiger charge is -2.10. The van der Waals surface area contributed by atoms with Crippen molar-refractivity contribution in [2.45, 2.75) is 37.5 Å². The summed E-state index contributed by atoms with van der Waals surface area (Å²) in [5.41, 5.74) is 3.79. The van der Waals surface area contributed by atoms with Crippen LogP contribution in [0.1, 0.15) is 54.9 Å². The van der Waals surface area contributed by atoms with Gasteiger partial charge in [-0.3, -0.25) is 4.79 Å². The van der Waals surface area contributed by atoms with Crippen molar-refractivity contribution in [3.05, 3.63) is 151 Å². The lowest BCUT2D eigenvalue weighted by atomic mass is 10.1. The van der Waals surface area contributed by atoms with Crippen LogP contribution in [0.15, 0.2) is 144 Å². The summed E-state index contributed by atoms with van der Waals surface area (Å²) in [6.45, 7) is 10.2. The fourth-order valence-electron chi connectivity index (χ4n) is 5.06. The first-order chi connectivity index (χ1) is 29.6. The molecule has 13 heteroatoms. The van der Waals surface area contributed by atoms with E-state index in [0.29, 0.717) is 62.2 Å². The Morgan fingerprint density at radius 2 is 1.15 bits per heavy atom. The number of unbranched alkanes of at least 4 members (excludes halogenated alkanes) is 2. The zero-order valence-electron chi connectivity index (χ0n) is 34.2. The number of rotatable bonds is 24. The first-order valence-corrected chi connectivity index (χ1v) is 20.2. The van der Waals surface area contributed by atoms with Crippen LogP contribution in [-0.4, -0.2) is 68.5 Å². The SMILES string of the molecule is C=CC(=O)OCCCCOc1ccc(/C=C/C(=O)Oc2ccc(/C(C)=N/N=C/c3ccc(SC(=O)/C=C/c4ccc(OCCCCOC(=O)C=C)cc4)cc3)cc2OC)cc1. The third-order valence-corrected chi connectivity index (χ3v) is 9.17. The lowest BCUT2D eigenvalue weighted by molar-refractivity contribution is -0.138. The van der Waals surface area contributed by atoms with E-state index in [1.807, 2.05) is 60.7 Å². The maximum atomic E-state index is 12.6. The molecule has 4 aromatic carbocycles. The first-order valence-electron chi connectivity index (χ1n) is 19.4. The van der Waals surface area contributed by atoms with Gasteiger partial charge in [-0.15, -0.1) is 0 Å². The van der Waals surface area contributed by atoms with Gasteiger partial charge in [0, 0.05) is 28.7 Å². The van der Waals surface area contributed by atoms with Crippen molar-refractivity contribution in [1.82, 2.24) is 0 Å². The van der Waals surface area contributed by atoms with E-state index in [4.69, 9.17) is 28.4 Å². The van der Waals surface area contributed by atoms with Gasteiger partial charge in [0.2, 0.25) is 5.12 Å². The fourth-order valence-corrected chi connectivity index (χ4v) is 5.70. The van der Waals surface area contributed by atoms with Gasteiger partial charge in [0.15, 0.2) is 11.5 Å². The van der Waals surface area contributed by atoms with Gasteiger partial charge in [-0.2, -0.15) is 10.2 Å². The van der Waals surface area contributed by atoms with Gasteiger partial charge >= 0.3 is 17.9 Å². The number of ether oxygens (including phenoxy) is 6. The number of methoxy groups -OCH3 is 1. The molecule has 0 spiro atoms. The Kier molecular flexibility index (Phi) is 20.0. The molecule has 4 rings (SSSR count). The van der Waals surface area contributed by atoms with Crippen LogP contribution < -0.4 is 18.9 Å². The van der Waals surface area contributed by atoms with E-state index in [1.165, 1.54) is 19.3 Å². The summed E-state index contributed by atoms with van der Waals surface area (Å²) in [7, 11) is 1.49. The van der Waals surface area contributed by atoms with Crippen molar-refractivity contribution >= 4 is 58.9 Å². The molecule has 0 amide bonds. The Hall–Kier alpha value is -6.99. The van der Waals surface area contributed by atoms with Gasteiger partial charge < -0.3 is 28.4 Å². The second-order valence-electron chi connectivity index (χ2n) is 12.9. The second-order valence-corrected chi connectivity index (χ2v) is 13.9. The highest BCUT2D eigenvalue weighted by atomic mass is 32.2. The molecule has 0 bridgehead atoms. The van der Waals surface area contributed by atoms with Crippen LogP contribution in [0.4, 0.5) is 0 Å². The fraction of sp³-hybridized carbons (Fsp3) is 0.208. The molecule has 316 valence electrons. The summed E-state index contributed by atoms with van der Waals surface area (Å²) < 4.78 is 32.3. The Balaban J connectivity index is 1.19. The number of nitrogens with zero attached hydrogens (tertiary/aromatic N) is 2. The summed E-state index contributed by atoms with van der Waals surface area (Å²) in [6.07, 6.45) is 13.0. The maximum absolute atomic E-state index is 12.6. The van der Waals surface area contributed by atoms with Crippen molar-refractivity contribution in [2.75, 3.05) is 33.5 Å². The molecule has 0 unspecified atom stereocenters. The van der Waals surface area contributed by atoms with Crippen molar-refractivity contribution in [3.8, 4) is 23.0 Å². The van der Waals surface area contributed by atoms with E-state index >= 15 is 0 Å². The number of carbonyl (C=O) groups is 4. The smallest absolute Gasteiger partial charge is 0.336 e. The summed E-state index contributed by atoms with van der Waals surface area (Å²) in [5.74, 6) is 0.566. The Bertz CT molecular complexity index is 2210. The number of benzene rings is 4. The Morgan fingerprint density at radius 1 is 0.623 bits per heavy atom. The van der Waals surface area contributed by atoms with Crippen molar-refractivity contribution in [1.29, 1.82) is 0 Å². The van der Waals surface area contributed by atoms with E-state index in [0.717, 1.165) is 63.9 Å². The topological polar surface area (TPSA) is 148 Å². The highest BCUT2D eigenvalue weighted by molar-refractivity contribution is 8.14. The summed E-state index contributed by atoms with van der Waals surface area (Å²) in [6, 6.07) is 27.2. The van der Waals surface area contributed by atoms with E-state index < -0.39 is 17.9 Å². The zero-order chi connectivity index (χ0) is 43.7. The molecule has 0 aliphatic heterocycles. The summed E-state index contributed by atoms with van der Waals surface area (Å²) in [5, 5.41) is 8.42. The highest BCUT2D eigenvalue weighted by Crippen LogP contribution is 2.29. The molecule has 0 heterocycles. The normalized spacial score (nSPS) is 11.3. The van der Waals surface area contributed by atoms with Gasteiger partial charge in [0.25, 0.3) is 0 Å². The van der Waals surface area contributed by atoms with Crippen LogP contribution in [-0.2, 0) is 28.7 Å². The average molecular weight is 845 g/mol. The third-order valence-electron chi connectivity index (χ3n) is 8.33. The van der Waals surface area contributed by atoms with Gasteiger partial charge in [-0.1, -0.05) is 55.6 Å². The second kappa shape index (κ2) is 26.2. The van der Waals surface area contributed by atoms with Gasteiger partial charge in [0.05, 0.1) is 45.5 Å². The molecule has 0 aromatic heterocycles. The molecule has 0 saturated carbocycles. The molecule has 4 aromatic rings. The molecule has 0 aliphatic rings. The zero-order valence-corrected chi connectivity index (χ0v) is 35.0. The maximum Gasteiger partial charge on any atom is 0.336 e. The van der Waals surface area contributed by atoms with Crippen LogP contribution in [0, 0.1) is 0 Å². The minimum atomic E-state index is -0.576. The van der Waals surface area contributed by atoms with Crippen LogP contribution in [0.5, 0.6) is 23.0 Å². The van der Waals surface area contributed by atoms with Gasteiger partial charge in [-0.25, -0.2) is 14.4 Å². The Labute approximate surface area is 360 Å². The standard InChI is InChI=1S/C48H48N2O10S/c1-5-45(51)58-31-9-7-29-56-40-20-11-36(12-21-40)17-27-47(53)60-43-26-19-39(33-44(43)55-4)35(3)50-49-34-38-15-24-42(25-16-38)61-48(54)28-18-37-13-22-41(23-14-37)57-30-8-10-32-59-46(52)6-2/h5-6,11-28,33-34H,1-2,7-10,29-32H2,3-4H3/b27-17+,28-18+,49-34+,50-35+. The molecule has 0 radical (unpaired) electrons. The van der Waals surface area contributed by atoms with Crippen molar-refractivity contribution in [2.24, 2.45) is 10.2 Å². The predicted octanol–water partition coefficient (Wildman–Crippen LogP) is 9.27. The number of carbonyl (C=O) groups excluding carboxylic acids is 4. The van der Waals surface area contributed by atoms with Crippen molar-refractivity contribution in [3.63, 3.8) is 0 Å². The minimum Gasteiger partial charge on any atom is -0.494 e. The number of esters is 3. The molecule has 0 aliphatic carbocycles. The first kappa shape index (κ1) is 46.7. The van der Waals surface area contributed by atoms with Crippen LogP contribution in [0.25, 0.3) is 12.2 Å². The van der Waals surface area contributed by atoms with Crippen LogP contribution >= 0.6 is 11.8 Å². The average Bonchev–Trinajstić information content (AvgIpc) is 3.28. The van der Waals surface area contributed by atoms with E-state index in [1.54, 1.807) is 55.6 Å². The molecule has 12 nitrogen and oxygen atoms in total. The molecular weight excluding hydrogens is 797 g/mol. The van der Waals surface area contributed by atoms with E-state index in [9.17, 15) is 19.2 Å². The van der Waals surface area contributed by atoms with Crippen LogP contribution in [0.2, 0.25) is 0 Å². The minimum absolute atomic E-state index is 0.115. The summed E-state index contributed by atoms with van der Waals surface area (Å²) in [4.78, 5) is 48.1. The molecule has 0 N–H and O–H groups in total. The van der Waals surface area contributed by atoms with Crippen LogP contribution in [0.3, 0.4) is 0 Å². The largest absolute Gasteiger partial charge is 0.494 e. The van der Waals surface area contributed by atoms with Crippen molar-refractivity contribution < 1.29 is 47.6 Å². The lowest BCUT2D eigenvalue weighted by Crippen LogP contribution is -2.06. The number of hydrogen-bond donors (Lipinski definition) is 0.